The lowest BCUT2D eigenvalue weighted by Crippen LogP contribution is -2.29. The lowest BCUT2D eigenvalue weighted by atomic mass is 10.2. The van der Waals surface area contributed by atoms with E-state index in [4.69, 9.17) is 4.43 Å². The molecule has 0 atom stereocenters. The Balaban J connectivity index is 2.07. The molecule has 106 valence electrons. The van der Waals surface area contributed by atoms with E-state index < -0.39 is 8.32 Å². The van der Waals surface area contributed by atoms with Gasteiger partial charge in [-0.2, -0.15) is 0 Å². The molecule has 1 aromatic heterocycles. The number of nitrogens with zero attached hydrogens (tertiary/aromatic N) is 3. The van der Waals surface area contributed by atoms with Crippen LogP contribution in [0.1, 0.15) is 11.3 Å². The number of rotatable bonds is 5. The molecule has 5 heteroatoms. The topological polar surface area (TPSA) is 39.4 Å². The second-order valence-electron chi connectivity index (χ2n) is 5.76. The Morgan fingerprint density at radius 3 is 2.70 bits per heavy atom. The van der Waals surface area contributed by atoms with E-state index >= 15 is 0 Å². The average molecular weight is 287 g/mol. The largest absolute Gasteiger partial charge is 0.544 e. The fraction of sp³-hybridized carbons (Fsp3) is 0.333. The Kier molecular flexibility index (Phi) is 4.39. The first-order valence-corrected chi connectivity index (χ1v) is 10.1. The van der Waals surface area contributed by atoms with Crippen LogP contribution in [0.2, 0.25) is 19.6 Å². The predicted molar refractivity (Wildman–Crippen MR) is 84.9 cm³/mol. The zero-order chi connectivity index (χ0) is 14.6. The van der Waals surface area contributed by atoms with Crippen molar-refractivity contribution in [1.29, 1.82) is 0 Å². The van der Waals surface area contributed by atoms with Gasteiger partial charge in [0.15, 0.2) is 0 Å². The zero-order valence-electron chi connectivity index (χ0n) is 12.5. The molecule has 0 aliphatic carbocycles. The third-order valence-electron chi connectivity index (χ3n) is 2.60. The van der Waals surface area contributed by atoms with Gasteiger partial charge in [0.2, 0.25) is 8.32 Å². The van der Waals surface area contributed by atoms with Gasteiger partial charge in [0.25, 0.3) is 0 Å². The fourth-order valence-corrected chi connectivity index (χ4v) is 2.66. The van der Waals surface area contributed by atoms with Crippen molar-refractivity contribution in [3.8, 4) is 5.75 Å². The van der Waals surface area contributed by atoms with Crippen LogP contribution in [0, 0.1) is 0 Å². The third kappa shape index (κ3) is 4.34. The molecule has 0 aliphatic heterocycles. The molecule has 1 aromatic carbocycles. The molecule has 0 aliphatic rings. The van der Waals surface area contributed by atoms with Gasteiger partial charge in [-0.15, -0.1) is 0 Å². The van der Waals surface area contributed by atoms with Gasteiger partial charge in [-0.3, -0.25) is 4.99 Å². The second-order valence-corrected chi connectivity index (χ2v) is 10.2. The molecule has 0 amide bonds. The van der Waals surface area contributed by atoms with E-state index in [2.05, 4.69) is 35.7 Å². The van der Waals surface area contributed by atoms with E-state index in [0.29, 0.717) is 6.54 Å². The van der Waals surface area contributed by atoms with Crippen LogP contribution in [-0.2, 0) is 13.6 Å². The first-order valence-electron chi connectivity index (χ1n) is 6.69. The molecule has 2 rings (SSSR count). The van der Waals surface area contributed by atoms with Gasteiger partial charge in [-0.25, -0.2) is 4.98 Å². The number of aliphatic imine (C=N–C) groups is 1. The van der Waals surface area contributed by atoms with Crippen LogP contribution in [0.4, 0.5) is 0 Å². The minimum Gasteiger partial charge on any atom is -0.544 e. The highest BCUT2D eigenvalue weighted by molar-refractivity contribution is 6.70. The fourth-order valence-electron chi connectivity index (χ4n) is 1.80. The summed E-state index contributed by atoms with van der Waals surface area (Å²) >= 11 is 0. The maximum Gasteiger partial charge on any atom is 0.242 e. The average Bonchev–Trinajstić information content (AvgIpc) is 2.75. The monoisotopic (exact) mass is 287 g/mol. The molecule has 0 bridgehead atoms. The van der Waals surface area contributed by atoms with E-state index in [0.717, 1.165) is 17.0 Å². The summed E-state index contributed by atoms with van der Waals surface area (Å²) in [5, 5.41) is 0. The van der Waals surface area contributed by atoms with Crippen molar-refractivity contribution in [3.05, 3.63) is 48.0 Å². The molecule has 0 unspecified atom stereocenters. The quantitative estimate of drug-likeness (QED) is 0.625. The standard InChI is InChI=1S/C15H21N3OSi/c1-18-11-14(17-12-18)10-16-9-13-7-5-6-8-15(13)19-20(2,3)4/h5-8,10-12H,9H2,1-4H3. The number of imidazole rings is 1. The smallest absolute Gasteiger partial charge is 0.242 e. The molecular formula is C15H21N3OSi. The van der Waals surface area contributed by atoms with Crippen molar-refractivity contribution in [2.45, 2.75) is 26.2 Å². The summed E-state index contributed by atoms with van der Waals surface area (Å²) in [6.07, 6.45) is 5.50. The molecule has 0 saturated carbocycles. The van der Waals surface area contributed by atoms with Crippen LogP contribution in [0.5, 0.6) is 5.75 Å². The summed E-state index contributed by atoms with van der Waals surface area (Å²) in [7, 11) is 0.349. The summed E-state index contributed by atoms with van der Waals surface area (Å²) in [4.78, 5) is 8.67. The van der Waals surface area contributed by atoms with Gasteiger partial charge in [0.05, 0.1) is 18.6 Å². The van der Waals surface area contributed by atoms with Crippen molar-refractivity contribution in [2.75, 3.05) is 0 Å². The second kappa shape index (κ2) is 6.05. The molecule has 0 saturated heterocycles. The molecule has 4 nitrogen and oxygen atoms in total. The minimum atomic E-state index is -1.60. The van der Waals surface area contributed by atoms with E-state index in [1.165, 1.54) is 0 Å². The summed E-state index contributed by atoms with van der Waals surface area (Å²) in [5.41, 5.74) is 1.98. The SMILES string of the molecule is Cn1cnc(C=NCc2ccccc2O[Si](C)(C)C)c1. The van der Waals surface area contributed by atoms with Gasteiger partial charge in [-0.1, -0.05) is 18.2 Å². The summed E-state index contributed by atoms with van der Waals surface area (Å²) in [6.45, 7) is 7.15. The molecular weight excluding hydrogens is 266 g/mol. The summed E-state index contributed by atoms with van der Waals surface area (Å²) in [6, 6.07) is 8.10. The van der Waals surface area contributed by atoms with E-state index in [1.807, 2.05) is 36.0 Å². The molecule has 0 spiro atoms. The first-order chi connectivity index (χ1) is 9.44. The molecule has 2 aromatic rings. The van der Waals surface area contributed by atoms with Gasteiger partial charge >= 0.3 is 0 Å². The van der Waals surface area contributed by atoms with Gasteiger partial charge in [0, 0.05) is 25.0 Å². The Morgan fingerprint density at radius 1 is 1.30 bits per heavy atom. The van der Waals surface area contributed by atoms with Gasteiger partial charge in [-0.05, 0) is 25.7 Å². The highest BCUT2D eigenvalue weighted by atomic mass is 28.4. The van der Waals surface area contributed by atoms with Crippen molar-refractivity contribution in [2.24, 2.45) is 12.0 Å². The number of para-hydroxylation sites is 1. The Labute approximate surface area is 121 Å². The van der Waals surface area contributed by atoms with E-state index in [1.54, 1.807) is 12.5 Å². The Morgan fingerprint density at radius 2 is 2.05 bits per heavy atom. The number of benzene rings is 1. The first kappa shape index (κ1) is 14.5. The lowest BCUT2D eigenvalue weighted by Gasteiger charge is -2.21. The van der Waals surface area contributed by atoms with Crippen LogP contribution in [-0.4, -0.2) is 24.1 Å². The van der Waals surface area contributed by atoms with Crippen molar-refractivity contribution in [1.82, 2.24) is 9.55 Å². The number of hydrogen-bond acceptors (Lipinski definition) is 3. The van der Waals surface area contributed by atoms with Crippen molar-refractivity contribution < 1.29 is 4.43 Å². The van der Waals surface area contributed by atoms with E-state index in [9.17, 15) is 0 Å². The van der Waals surface area contributed by atoms with Crippen LogP contribution in [0.15, 0.2) is 41.8 Å². The number of aryl methyl sites for hydroxylation is 1. The molecule has 1 heterocycles. The van der Waals surface area contributed by atoms with Crippen LogP contribution >= 0.6 is 0 Å². The third-order valence-corrected chi connectivity index (χ3v) is 3.43. The Bertz CT molecular complexity index is 599. The molecule has 0 N–H and O–H groups in total. The van der Waals surface area contributed by atoms with Crippen LogP contribution < -0.4 is 4.43 Å². The van der Waals surface area contributed by atoms with E-state index in [-0.39, 0.29) is 0 Å². The molecule has 20 heavy (non-hydrogen) atoms. The van der Waals surface area contributed by atoms with Crippen LogP contribution in [0.25, 0.3) is 0 Å². The van der Waals surface area contributed by atoms with Crippen LogP contribution in [0.3, 0.4) is 0 Å². The molecule has 0 radical (unpaired) electrons. The van der Waals surface area contributed by atoms with Gasteiger partial charge < -0.3 is 8.99 Å². The van der Waals surface area contributed by atoms with Crippen molar-refractivity contribution >= 4 is 14.5 Å². The predicted octanol–water partition coefficient (Wildman–Crippen LogP) is 3.25. The van der Waals surface area contributed by atoms with Gasteiger partial charge in [0.1, 0.15) is 5.75 Å². The lowest BCUT2D eigenvalue weighted by molar-refractivity contribution is 0.549. The maximum atomic E-state index is 6.08. The summed E-state index contributed by atoms with van der Waals surface area (Å²) in [5.74, 6) is 0.949. The Hall–Kier alpha value is -1.88. The number of hydrogen-bond donors (Lipinski definition) is 0. The highest BCUT2D eigenvalue weighted by Gasteiger charge is 2.17. The highest BCUT2D eigenvalue weighted by Crippen LogP contribution is 2.22. The zero-order valence-corrected chi connectivity index (χ0v) is 13.5. The minimum absolute atomic E-state index is 0.608. The van der Waals surface area contributed by atoms with Crippen molar-refractivity contribution in [3.63, 3.8) is 0 Å². The molecule has 0 fully saturated rings. The number of aromatic nitrogens is 2. The maximum absolute atomic E-state index is 6.08. The summed E-state index contributed by atoms with van der Waals surface area (Å²) < 4.78 is 7.99. The normalized spacial score (nSPS) is 12.0.